The van der Waals surface area contributed by atoms with Gasteiger partial charge in [0.05, 0.1) is 12.7 Å². The minimum Gasteiger partial charge on any atom is -0.385 e. The van der Waals surface area contributed by atoms with Crippen molar-refractivity contribution in [3.05, 3.63) is 0 Å². The summed E-state index contributed by atoms with van der Waals surface area (Å²) in [6, 6.07) is 0. The molecule has 0 amide bonds. The summed E-state index contributed by atoms with van der Waals surface area (Å²) >= 11 is 0. The van der Waals surface area contributed by atoms with Gasteiger partial charge < -0.3 is 19.1 Å². The van der Waals surface area contributed by atoms with Gasteiger partial charge in [-0.3, -0.25) is 0 Å². The number of nitrogens with zero attached hydrogens (tertiary/aromatic N) is 1. The molecule has 4 nitrogen and oxygen atoms in total. The lowest BCUT2D eigenvalue weighted by Crippen LogP contribution is -2.39. The van der Waals surface area contributed by atoms with Gasteiger partial charge >= 0.3 is 0 Å². The highest BCUT2D eigenvalue weighted by Crippen LogP contribution is 2.47. The summed E-state index contributed by atoms with van der Waals surface area (Å²) < 4.78 is 17.7. The molecule has 1 saturated carbocycles. The Bertz CT molecular complexity index is 377. The van der Waals surface area contributed by atoms with Crippen molar-refractivity contribution < 1.29 is 14.2 Å². The molecule has 0 radical (unpaired) electrons. The van der Waals surface area contributed by atoms with Crippen LogP contribution in [0.25, 0.3) is 0 Å². The first-order valence-corrected chi connectivity index (χ1v) is 10.4. The van der Waals surface area contributed by atoms with Crippen molar-refractivity contribution in [2.75, 3.05) is 40.5 Å². The van der Waals surface area contributed by atoms with Crippen LogP contribution in [0.15, 0.2) is 0 Å². The van der Waals surface area contributed by atoms with Crippen LogP contribution in [-0.4, -0.2) is 57.3 Å². The molecule has 1 atom stereocenters. The quantitative estimate of drug-likeness (QED) is 0.541. The van der Waals surface area contributed by atoms with Gasteiger partial charge in [0.25, 0.3) is 0 Å². The van der Waals surface area contributed by atoms with E-state index in [-0.39, 0.29) is 11.9 Å². The van der Waals surface area contributed by atoms with Crippen molar-refractivity contribution in [3.8, 4) is 0 Å². The molecule has 0 bridgehead atoms. The molecule has 0 N–H and O–H groups in total. The van der Waals surface area contributed by atoms with Crippen LogP contribution in [0.3, 0.4) is 0 Å². The lowest BCUT2D eigenvalue weighted by Gasteiger charge is -2.42. The zero-order valence-corrected chi connectivity index (χ0v) is 17.3. The predicted molar refractivity (Wildman–Crippen MR) is 103 cm³/mol. The summed E-state index contributed by atoms with van der Waals surface area (Å²) in [5.74, 6) is 0.550. The molecule has 1 aliphatic heterocycles. The molecule has 148 valence electrons. The molecule has 2 fully saturated rings. The smallest absolute Gasteiger partial charge is 0.168 e. The van der Waals surface area contributed by atoms with E-state index in [9.17, 15) is 0 Å². The fraction of sp³-hybridized carbons (Fsp3) is 1.00. The van der Waals surface area contributed by atoms with Gasteiger partial charge in [0.15, 0.2) is 5.79 Å². The van der Waals surface area contributed by atoms with Crippen LogP contribution in [0, 0.1) is 11.3 Å². The van der Waals surface area contributed by atoms with Crippen molar-refractivity contribution >= 4 is 0 Å². The number of rotatable bonds is 10. The third-order valence-corrected chi connectivity index (χ3v) is 6.38. The van der Waals surface area contributed by atoms with Gasteiger partial charge in [0.1, 0.15) is 0 Å². The molecule has 2 rings (SSSR count). The van der Waals surface area contributed by atoms with Gasteiger partial charge in [-0.2, -0.15) is 0 Å². The van der Waals surface area contributed by atoms with Crippen molar-refractivity contribution in [1.82, 2.24) is 4.90 Å². The Hall–Kier alpha value is -0.160. The van der Waals surface area contributed by atoms with Gasteiger partial charge in [0, 0.05) is 39.6 Å². The standard InChI is InChI=1S/C21H41NO3/c1-6-11-20(2,3)18-8-12-21(13-9-18)24-17-19(25-21)10-15-22(4)14-7-16-23-5/h18-19H,6-17H2,1-5H3. The van der Waals surface area contributed by atoms with Crippen LogP contribution in [0.2, 0.25) is 0 Å². The van der Waals surface area contributed by atoms with Crippen molar-refractivity contribution in [1.29, 1.82) is 0 Å². The molecule has 0 aromatic carbocycles. The average Bonchev–Trinajstić information content (AvgIpc) is 2.96. The minimum absolute atomic E-state index is 0.266. The van der Waals surface area contributed by atoms with E-state index < -0.39 is 0 Å². The first-order chi connectivity index (χ1) is 11.9. The third kappa shape index (κ3) is 6.20. The Labute approximate surface area is 155 Å². The largest absolute Gasteiger partial charge is 0.385 e. The third-order valence-electron chi connectivity index (χ3n) is 6.38. The molecule has 2 aliphatic rings. The topological polar surface area (TPSA) is 30.9 Å². The van der Waals surface area contributed by atoms with Gasteiger partial charge in [-0.05, 0) is 50.5 Å². The highest BCUT2D eigenvalue weighted by Gasteiger charge is 2.46. The average molecular weight is 356 g/mol. The Morgan fingerprint density at radius 1 is 1.20 bits per heavy atom. The first kappa shape index (κ1) is 21.1. The number of hydrogen-bond donors (Lipinski definition) is 0. The first-order valence-electron chi connectivity index (χ1n) is 10.4. The Kier molecular flexibility index (Phi) is 8.19. The van der Waals surface area contributed by atoms with E-state index in [1.165, 1.54) is 25.7 Å². The molecule has 1 unspecified atom stereocenters. The van der Waals surface area contributed by atoms with Crippen LogP contribution in [0.4, 0.5) is 0 Å². The molecule has 1 heterocycles. The summed E-state index contributed by atoms with van der Waals surface area (Å²) in [5.41, 5.74) is 0.458. The molecular weight excluding hydrogens is 314 g/mol. The molecule has 0 aromatic rings. The van der Waals surface area contributed by atoms with Crippen LogP contribution in [0.5, 0.6) is 0 Å². The Morgan fingerprint density at radius 3 is 2.56 bits per heavy atom. The lowest BCUT2D eigenvalue weighted by atomic mass is 9.68. The van der Waals surface area contributed by atoms with Gasteiger partial charge in [-0.1, -0.05) is 27.2 Å². The summed E-state index contributed by atoms with van der Waals surface area (Å²) in [7, 11) is 3.95. The second-order valence-corrected chi connectivity index (χ2v) is 8.91. The van der Waals surface area contributed by atoms with Gasteiger partial charge in [-0.15, -0.1) is 0 Å². The number of ether oxygens (including phenoxy) is 3. The van der Waals surface area contributed by atoms with Crippen LogP contribution < -0.4 is 0 Å². The molecular formula is C21H41NO3. The van der Waals surface area contributed by atoms with E-state index >= 15 is 0 Å². The maximum Gasteiger partial charge on any atom is 0.168 e. The molecule has 4 heteroatoms. The lowest BCUT2D eigenvalue weighted by molar-refractivity contribution is -0.197. The second kappa shape index (κ2) is 9.68. The highest BCUT2D eigenvalue weighted by molar-refractivity contribution is 4.90. The van der Waals surface area contributed by atoms with E-state index in [1.807, 2.05) is 0 Å². The van der Waals surface area contributed by atoms with Crippen LogP contribution in [-0.2, 0) is 14.2 Å². The molecule has 1 spiro atoms. The summed E-state index contributed by atoms with van der Waals surface area (Å²) in [5, 5.41) is 0. The van der Waals surface area contributed by atoms with Crippen molar-refractivity contribution in [2.24, 2.45) is 11.3 Å². The molecule has 25 heavy (non-hydrogen) atoms. The van der Waals surface area contributed by atoms with E-state index in [0.29, 0.717) is 5.41 Å². The fourth-order valence-corrected chi connectivity index (χ4v) is 4.66. The van der Waals surface area contributed by atoms with Crippen molar-refractivity contribution in [3.63, 3.8) is 0 Å². The summed E-state index contributed by atoms with van der Waals surface area (Å²) in [6.45, 7) is 10.9. The van der Waals surface area contributed by atoms with E-state index in [0.717, 1.165) is 57.9 Å². The fourth-order valence-electron chi connectivity index (χ4n) is 4.66. The maximum atomic E-state index is 6.41. The normalized spacial score (nSPS) is 30.5. The summed E-state index contributed by atoms with van der Waals surface area (Å²) in [4.78, 5) is 2.37. The Balaban J connectivity index is 1.70. The van der Waals surface area contributed by atoms with Gasteiger partial charge in [-0.25, -0.2) is 0 Å². The zero-order valence-electron chi connectivity index (χ0n) is 17.3. The SMILES string of the molecule is CCCC(C)(C)C1CCC2(CC1)OCC(CCN(C)CCCOC)O2. The highest BCUT2D eigenvalue weighted by atomic mass is 16.7. The van der Waals surface area contributed by atoms with Crippen LogP contribution >= 0.6 is 0 Å². The molecule has 0 aromatic heterocycles. The predicted octanol–water partition coefficient (Wildman–Crippen LogP) is 4.47. The minimum atomic E-state index is -0.266. The van der Waals surface area contributed by atoms with Crippen molar-refractivity contribution in [2.45, 2.75) is 84.0 Å². The zero-order chi connectivity index (χ0) is 18.3. The molecule has 1 aliphatic carbocycles. The van der Waals surface area contributed by atoms with Crippen LogP contribution in [0.1, 0.15) is 72.1 Å². The second-order valence-electron chi connectivity index (χ2n) is 8.91. The molecule has 1 saturated heterocycles. The summed E-state index contributed by atoms with van der Waals surface area (Å²) in [6.07, 6.45) is 9.67. The van der Waals surface area contributed by atoms with E-state index in [4.69, 9.17) is 14.2 Å². The number of methoxy groups -OCH3 is 1. The number of hydrogen-bond acceptors (Lipinski definition) is 4. The monoisotopic (exact) mass is 355 g/mol. The maximum absolute atomic E-state index is 6.41. The van der Waals surface area contributed by atoms with E-state index in [1.54, 1.807) is 7.11 Å². The van der Waals surface area contributed by atoms with E-state index in [2.05, 4.69) is 32.7 Å². The van der Waals surface area contributed by atoms with Gasteiger partial charge in [0.2, 0.25) is 0 Å². The Morgan fingerprint density at radius 2 is 1.92 bits per heavy atom.